The second-order valence-corrected chi connectivity index (χ2v) is 6.49. The summed E-state index contributed by atoms with van der Waals surface area (Å²) in [6.45, 7) is 4.65. The van der Waals surface area contributed by atoms with E-state index < -0.39 is 0 Å². The summed E-state index contributed by atoms with van der Waals surface area (Å²) in [4.78, 5) is 30.0. The van der Waals surface area contributed by atoms with Crippen LogP contribution in [-0.2, 0) is 16.1 Å². The molecule has 3 heterocycles. The molecule has 0 aromatic carbocycles. The molecule has 2 aliphatic heterocycles. The minimum absolute atomic E-state index is 0.0391. The summed E-state index contributed by atoms with van der Waals surface area (Å²) in [5.41, 5.74) is 2.87. The molecule has 0 radical (unpaired) electrons. The number of hydrogen-bond acceptors (Lipinski definition) is 4. The smallest absolute Gasteiger partial charge is 0.270 e. The topological polar surface area (TPSA) is 79.6 Å². The lowest BCUT2D eigenvalue weighted by Crippen LogP contribution is -2.44. The molecule has 1 saturated heterocycles. The number of aromatic nitrogens is 2. The molecule has 24 heavy (non-hydrogen) atoms. The van der Waals surface area contributed by atoms with Crippen LogP contribution in [0, 0.1) is 0 Å². The van der Waals surface area contributed by atoms with Gasteiger partial charge in [0, 0.05) is 50.8 Å². The normalized spacial score (nSPS) is 19.1. The van der Waals surface area contributed by atoms with Crippen molar-refractivity contribution in [1.29, 1.82) is 0 Å². The molecule has 2 aliphatic rings. The number of aryl methyl sites for hydroxylation is 1. The van der Waals surface area contributed by atoms with Crippen molar-refractivity contribution >= 4 is 17.5 Å². The Balaban J connectivity index is 1.57. The fourth-order valence-electron chi connectivity index (χ4n) is 3.35. The standard InChI is InChI=1S/C17H25N5O2/c1-2-3-9-21-12-8-18-16(21)13-6-10-22(11-7-13)17(24)14-4-5-15(23)20-19-14/h8,12-13H,2-7,9-11H2,1H3,(H,20,23). The SMILES string of the molecule is CCCCn1ccnc1C1CCN(C(=O)C2=NNC(=O)CC2)CC1. The van der Waals surface area contributed by atoms with Crippen molar-refractivity contribution in [2.45, 2.75) is 57.9 Å². The Bertz CT molecular complexity index is 629. The second kappa shape index (κ2) is 7.59. The lowest BCUT2D eigenvalue weighted by atomic mass is 9.95. The third-order valence-corrected chi connectivity index (χ3v) is 4.80. The van der Waals surface area contributed by atoms with Crippen molar-refractivity contribution < 1.29 is 9.59 Å². The zero-order valence-corrected chi connectivity index (χ0v) is 14.2. The number of amides is 2. The van der Waals surface area contributed by atoms with Crippen LogP contribution in [0.2, 0.25) is 0 Å². The van der Waals surface area contributed by atoms with Crippen molar-refractivity contribution in [2.75, 3.05) is 13.1 Å². The van der Waals surface area contributed by atoms with E-state index in [0.717, 1.165) is 44.7 Å². The van der Waals surface area contributed by atoms with Crippen molar-refractivity contribution in [2.24, 2.45) is 5.10 Å². The summed E-state index contributed by atoms with van der Waals surface area (Å²) in [5.74, 6) is 1.40. The third-order valence-electron chi connectivity index (χ3n) is 4.80. The number of likely N-dealkylation sites (tertiary alicyclic amines) is 1. The molecule has 0 spiro atoms. The van der Waals surface area contributed by atoms with Gasteiger partial charge in [-0.05, 0) is 19.3 Å². The number of hydrazone groups is 1. The van der Waals surface area contributed by atoms with Gasteiger partial charge in [-0.2, -0.15) is 5.10 Å². The van der Waals surface area contributed by atoms with Crippen LogP contribution in [0.4, 0.5) is 0 Å². The van der Waals surface area contributed by atoms with Crippen LogP contribution in [0.15, 0.2) is 17.5 Å². The maximum Gasteiger partial charge on any atom is 0.270 e. The van der Waals surface area contributed by atoms with Crippen LogP contribution in [-0.4, -0.2) is 45.1 Å². The van der Waals surface area contributed by atoms with Gasteiger partial charge in [0.1, 0.15) is 11.5 Å². The van der Waals surface area contributed by atoms with Gasteiger partial charge in [0.15, 0.2) is 0 Å². The molecule has 2 amide bonds. The van der Waals surface area contributed by atoms with Crippen LogP contribution in [0.5, 0.6) is 0 Å². The maximum absolute atomic E-state index is 12.5. The van der Waals surface area contributed by atoms with E-state index in [1.54, 1.807) is 0 Å². The molecule has 1 N–H and O–H groups in total. The van der Waals surface area contributed by atoms with Gasteiger partial charge in [-0.15, -0.1) is 0 Å². The maximum atomic E-state index is 12.5. The van der Waals surface area contributed by atoms with E-state index in [1.165, 1.54) is 6.42 Å². The highest BCUT2D eigenvalue weighted by molar-refractivity contribution is 6.39. The van der Waals surface area contributed by atoms with Crippen molar-refractivity contribution in [1.82, 2.24) is 19.9 Å². The Hall–Kier alpha value is -2.18. The van der Waals surface area contributed by atoms with Gasteiger partial charge in [0.2, 0.25) is 5.91 Å². The highest BCUT2D eigenvalue weighted by Gasteiger charge is 2.29. The number of nitrogens with one attached hydrogen (secondary N) is 1. The summed E-state index contributed by atoms with van der Waals surface area (Å²) in [5, 5.41) is 3.91. The van der Waals surface area contributed by atoms with E-state index in [4.69, 9.17) is 0 Å². The minimum Gasteiger partial charge on any atom is -0.337 e. The number of hydrogen-bond donors (Lipinski definition) is 1. The van der Waals surface area contributed by atoms with Gasteiger partial charge in [-0.3, -0.25) is 9.59 Å². The summed E-state index contributed by atoms with van der Waals surface area (Å²) in [6.07, 6.45) is 8.89. The monoisotopic (exact) mass is 331 g/mol. The Labute approximate surface area is 142 Å². The molecule has 1 aromatic rings. The zero-order valence-electron chi connectivity index (χ0n) is 14.2. The summed E-state index contributed by atoms with van der Waals surface area (Å²) < 4.78 is 2.26. The van der Waals surface area contributed by atoms with Gasteiger partial charge in [-0.25, -0.2) is 10.4 Å². The van der Waals surface area contributed by atoms with Gasteiger partial charge in [0.05, 0.1) is 0 Å². The van der Waals surface area contributed by atoms with E-state index >= 15 is 0 Å². The molecule has 7 nitrogen and oxygen atoms in total. The minimum atomic E-state index is -0.121. The summed E-state index contributed by atoms with van der Waals surface area (Å²) in [6, 6.07) is 0. The molecule has 0 bridgehead atoms. The molecule has 130 valence electrons. The van der Waals surface area contributed by atoms with E-state index in [2.05, 4.69) is 33.2 Å². The van der Waals surface area contributed by atoms with Crippen molar-refractivity contribution in [3.63, 3.8) is 0 Å². The largest absolute Gasteiger partial charge is 0.337 e. The molecule has 0 atom stereocenters. The van der Waals surface area contributed by atoms with Crippen molar-refractivity contribution in [3.05, 3.63) is 18.2 Å². The van der Waals surface area contributed by atoms with Crippen LogP contribution in [0.1, 0.15) is 57.2 Å². The Kier molecular flexibility index (Phi) is 5.27. The van der Waals surface area contributed by atoms with Crippen LogP contribution < -0.4 is 5.43 Å². The quantitative estimate of drug-likeness (QED) is 0.891. The summed E-state index contributed by atoms with van der Waals surface area (Å²) in [7, 11) is 0. The zero-order chi connectivity index (χ0) is 16.9. The van der Waals surface area contributed by atoms with E-state index in [1.807, 2.05) is 11.1 Å². The lowest BCUT2D eigenvalue weighted by Gasteiger charge is -2.32. The molecule has 3 rings (SSSR count). The molecule has 0 saturated carbocycles. The van der Waals surface area contributed by atoms with Crippen LogP contribution >= 0.6 is 0 Å². The van der Waals surface area contributed by atoms with Gasteiger partial charge >= 0.3 is 0 Å². The average Bonchev–Trinajstić information content (AvgIpc) is 3.08. The predicted molar refractivity (Wildman–Crippen MR) is 90.5 cm³/mol. The van der Waals surface area contributed by atoms with Gasteiger partial charge in [0.25, 0.3) is 5.91 Å². The summed E-state index contributed by atoms with van der Waals surface area (Å²) >= 11 is 0. The van der Waals surface area contributed by atoms with Crippen LogP contribution in [0.25, 0.3) is 0 Å². The average molecular weight is 331 g/mol. The van der Waals surface area contributed by atoms with E-state index in [9.17, 15) is 9.59 Å². The first kappa shape index (κ1) is 16.7. The first-order valence-electron chi connectivity index (χ1n) is 8.84. The number of carbonyl (C=O) groups is 2. The third kappa shape index (κ3) is 3.66. The molecular weight excluding hydrogens is 306 g/mol. The molecule has 0 aliphatic carbocycles. The second-order valence-electron chi connectivity index (χ2n) is 6.49. The first-order chi connectivity index (χ1) is 11.7. The Morgan fingerprint density at radius 2 is 2.12 bits per heavy atom. The number of piperidine rings is 1. The van der Waals surface area contributed by atoms with Crippen molar-refractivity contribution in [3.8, 4) is 0 Å². The van der Waals surface area contributed by atoms with Gasteiger partial charge < -0.3 is 9.47 Å². The number of rotatable bonds is 5. The number of imidazole rings is 1. The number of nitrogens with zero attached hydrogens (tertiary/aromatic N) is 4. The predicted octanol–water partition coefficient (Wildman–Crippen LogP) is 1.66. The molecule has 0 unspecified atom stereocenters. The Morgan fingerprint density at radius 3 is 2.79 bits per heavy atom. The molecule has 1 aromatic heterocycles. The first-order valence-corrected chi connectivity index (χ1v) is 8.84. The number of unbranched alkanes of at least 4 members (excludes halogenated alkanes) is 1. The van der Waals surface area contributed by atoms with E-state index in [-0.39, 0.29) is 11.8 Å². The number of carbonyl (C=O) groups excluding carboxylic acids is 2. The Morgan fingerprint density at radius 1 is 1.33 bits per heavy atom. The van der Waals surface area contributed by atoms with Crippen LogP contribution in [0.3, 0.4) is 0 Å². The molecular formula is C17H25N5O2. The highest BCUT2D eigenvalue weighted by Crippen LogP contribution is 2.27. The fourth-order valence-corrected chi connectivity index (χ4v) is 3.35. The fraction of sp³-hybridized carbons (Fsp3) is 0.647. The molecule has 7 heteroatoms. The lowest BCUT2D eigenvalue weighted by molar-refractivity contribution is -0.125. The van der Waals surface area contributed by atoms with E-state index in [0.29, 0.717) is 24.5 Å². The molecule has 1 fully saturated rings. The highest BCUT2D eigenvalue weighted by atomic mass is 16.2. The van der Waals surface area contributed by atoms with Gasteiger partial charge in [-0.1, -0.05) is 13.3 Å².